The zero-order valence-corrected chi connectivity index (χ0v) is 35.3. The summed E-state index contributed by atoms with van der Waals surface area (Å²) >= 11 is 0. The number of benzene rings is 8. The van der Waals surface area contributed by atoms with Crippen LogP contribution in [0.15, 0.2) is 158 Å². The summed E-state index contributed by atoms with van der Waals surface area (Å²) in [5, 5.41) is 18.3. The molecule has 0 aromatic heterocycles. The Bertz CT molecular complexity index is 3070. The normalized spacial score (nSPS) is 20.1. The molecule has 3 aliphatic rings. The van der Waals surface area contributed by atoms with E-state index in [1.54, 1.807) is 0 Å². The smallest absolute Gasteiger partial charge is 0.257 e. The van der Waals surface area contributed by atoms with Crippen LogP contribution < -0.4 is 21.1 Å². The molecule has 0 radical (unpaired) electrons. The molecule has 2 aliphatic carbocycles. The second-order valence-corrected chi connectivity index (χ2v) is 17.0. The van der Waals surface area contributed by atoms with Crippen molar-refractivity contribution in [3.8, 4) is 0 Å². The fourth-order valence-electron chi connectivity index (χ4n) is 9.85. The zero-order chi connectivity index (χ0) is 43.3. The van der Waals surface area contributed by atoms with Crippen LogP contribution >= 0.6 is 0 Å². The maximum atomic E-state index is 14.4. The van der Waals surface area contributed by atoms with Gasteiger partial charge in [0.25, 0.3) is 11.8 Å². The van der Waals surface area contributed by atoms with Gasteiger partial charge in [-0.1, -0.05) is 159 Å². The van der Waals surface area contributed by atoms with E-state index in [0.717, 1.165) is 44.2 Å². The number of nitrogens with one attached hydrogen (secondary N) is 2. The Kier molecular flexibility index (Phi) is 10.2. The van der Waals surface area contributed by atoms with Crippen molar-refractivity contribution in [3.05, 3.63) is 202 Å². The summed E-state index contributed by atoms with van der Waals surface area (Å²) in [5.41, 5.74) is 5.34. The summed E-state index contributed by atoms with van der Waals surface area (Å²) in [5.74, 6) is -0.335. The van der Waals surface area contributed by atoms with Gasteiger partial charge in [0.05, 0.1) is 25.3 Å². The van der Waals surface area contributed by atoms with Crippen LogP contribution in [-0.4, -0.2) is 24.0 Å². The third-order valence-electron chi connectivity index (χ3n) is 13.1. The predicted octanol–water partition coefficient (Wildman–Crippen LogP) is 9.37. The number of ether oxygens (including phenoxy) is 4. The van der Waals surface area contributed by atoms with Gasteiger partial charge in [-0.25, -0.2) is 0 Å². The average molecular weight is 843 g/mol. The molecule has 0 fully saturated rings. The minimum absolute atomic E-state index is 0.0652. The molecule has 8 aromatic rings. The highest BCUT2D eigenvalue weighted by atomic mass is 16.5. The Morgan fingerprint density at radius 1 is 0.438 bits per heavy atom. The largest absolute Gasteiger partial charge is 0.491 e. The van der Waals surface area contributed by atoms with Gasteiger partial charge in [-0.2, -0.15) is 0 Å². The van der Waals surface area contributed by atoms with Gasteiger partial charge in [0.15, 0.2) is 12.2 Å². The average Bonchev–Trinajstić information content (AvgIpc) is 3.32. The van der Waals surface area contributed by atoms with Crippen LogP contribution in [0.1, 0.15) is 58.3 Å². The molecule has 4 atom stereocenters. The molecule has 0 saturated heterocycles. The topological polar surface area (TPSA) is 95.1 Å². The maximum absolute atomic E-state index is 14.4. The molecule has 8 aromatic carbocycles. The van der Waals surface area contributed by atoms with Gasteiger partial charge in [-0.15, -0.1) is 0 Å². The van der Waals surface area contributed by atoms with E-state index in [1.165, 1.54) is 42.8 Å². The molecule has 1 heterocycles. The second kappa shape index (κ2) is 16.5. The number of hydrogen-bond donors (Lipinski definition) is 2. The fraction of sp³-hybridized carbons (Fsp3) is 0.179. The summed E-state index contributed by atoms with van der Waals surface area (Å²) in [6.45, 7) is 8.81. The number of fused-ring (bicyclic) bond motifs is 2. The van der Waals surface area contributed by atoms with Crippen molar-refractivity contribution >= 4 is 67.1 Å². The van der Waals surface area contributed by atoms with Gasteiger partial charge < -0.3 is 29.6 Å². The standard InChI is InChI=1S/C56H46N2O6/c1-33-53(55(59)57-47-27-23-39-19-17-35-13-7-15-37-21-25-45(47)51(39)49(35)37)63-31-43-11-6-4-10-42(43)30-62-34(2)54(64-32-44-12-5-3-9-41(44)29-61-33)56(60)58-48-28-24-40-20-18-36-14-8-16-38-22-26-46(48)52(40)50(36)38/h3-26,47-48,53-54H,1-2,27-32H2,(H,57,59)(H,58,60). The Hall–Kier alpha value is -7.26. The predicted molar refractivity (Wildman–Crippen MR) is 251 cm³/mol. The first-order valence-electron chi connectivity index (χ1n) is 21.9. The Morgan fingerprint density at radius 3 is 1.22 bits per heavy atom. The lowest BCUT2D eigenvalue weighted by Crippen LogP contribution is -2.41. The van der Waals surface area contributed by atoms with E-state index in [1.807, 2.05) is 48.5 Å². The lowest BCUT2D eigenvalue weighted by molar-refractivity contribution is -0.135. The number of carbonyl (C=O) groups excluding carboxylic acids is 2. The lowest BCUT2D eigenvalue weighted by Gasteiger charge is -2.28. The van der Waals surface area contributed by atoms with E-state index in [0.29, 0.717) is 12.8 Å². The zero-order valence-electron chi connectivity index (χ0n) is 35.3. The number of amides is 2. The number of rotatable bonds is 4. The van der Waals surface area contributed by atoms with Crippen LogP contribution in [-0.2, 0) is 55.0 Å². The van der Waals surface area contributed by atoms with Crippen molar-refractivity contribution in [2.75, 3.05) is 0 Å². The Balaban J connectivity index is 0.859. The van der Waals surface area contributed by atoms with E-state index in [2.05, 4.69) is 121 Å². The minimum Gasteiger partial charge on any atom is -0.491 e. The molecular weight excluding hydrogens is 797 g/mol. The molecule has 2 amide bonds. The molecule has 0 bridgehead atoms. The molecule has 11 rings (SSSR count). The second-order valence-electron chi connectivity index (χ2n) is 17.0. The van der Waals surface area contributed by atoms with Crippen LogP contribution in [0.3, 0.4) is 0 Å². The van der Waals surface area contributed by atoms with Crippen molar-refractivity contribution in [2.45, 2.75) is 63.6 Å². The highest BCUT2D eigenvalue weighted by Gasteiger charge is 2.32. The molecule has 1 aliphatic heterocycles. The SMILES string of the molecule is C=C1OCc2ccccc2COC(C(=O)NC2CC=c3ccc4cccc5ccc2c3c54)C(=C)OCc2ccccc2COC1C(=O)NC1CC=c2ccc3cccc4ccc1c2c43. The summed E-state index contributed by atoms with van der Waals surface area (Å²) in [6, 6.07) is 44.6. The van der Waals surface area contributed by atoms with Crippen LogP contribution in [0.25, 0.3) is 55.2 Å². The molecule has 8 nitrogen and oxygen atoms in total. The fourth-order valence-corrected chi connectivity index (χ4v) is 9.85. The van der Waals surface area contributed by atoms with Gasteiger partial charge in [0.1, 0.15) is 24.7 Å². The molecule has 0 spiro atoms. The van der Waals surface area contributed by atoms with Crippen molar-refractivity contribution in [1.82, 2.24) is 10.6 Å². The van der Waals surface area contributed by atoms with Gasteiger partial charge in [0, 0.05) is 0 Å². The molecule has 64 heavy (non-hydrogen) atoms. The van der Waals surface area contributed by atoms with Gasteiger partial charge in [-0.3, -0.25) is 9.59 Å². The first-order valence-corrected chi connectivity index (χ1v) is 21.9. The quantitative estimate of drug-likeness (QED) is 0.184. The molecule has 316 valence electrons. The number of carbonyl (C=O) groups is 2. The first-order chi connectivity index (χ1) is 31.4. The summed E-state index contributed by atoms with van der Waals surface area (Å²) in [6.07, 6.45) is 3.39. The van der Waals surface area contributed by atoms with Crippen LogP contribution in [0, 0.1) is 0 Å². The van der Waals surface area contributed by atoms with E-state index in [4.69, 9.17) is 18.9 Å². The van der Waals surface area contributed by atoms with E-state index in [-0.39, 0.29) is 61.8 Å². The van der Waals surface area contributed by atoms with Gasteiger partial charge in [0.2, 0.25) is 0 Å². The van der Waals surface area contributed by atoms with Crippen LogP contribution in [0.5, 0.6) is 0 Å². The maximum Gasteiger partial charge on any atom is 0.257 e. The van der Waals surface area contributed by atoms with E-state index in [9.17, 15) is 9.59 Å². The van der Waals surface area contributed by atoms with Crippen LogP contribution in [0.2, 0.25) is 0 Å². The summed E-state index contributed by atoms with van der Waals surface area (Å²) < 4.78 is 25.7. The van der Waals surface area contributed by atoms with E-state index < -0.39 is 12.2 Å². The van der Waals surface area contributed by atoms with Crippen molar-refractivity contribution in [1.29, 1.82) is 0 Å². The Morgan fingerprint density at radius 2 is 0.812 bits per heavy atom. The minimum atomic E-state index is -1.13. The first kappa shape index (κ1) is 39.6. The third kappa shape index (κ3) is 7.15. The lowest BCUT2D eigenvalue weighted by atomic mass is 9.87. The van der Waals surface area contributed by atoms with Gasteiger partial charge in [-0.05, 0) is 99.7 Å². The molecule has 8 heteroatoms. The molecule has 2 N–H and O–H groups in total. The highest BCUT2D eigenvalue weighted by Crippen LogP contribution is 2.36. The van der Waals surface area contributed by atoms with Crippen molar-refractivity contribution in [2.24, 2.45) is 0 Å². The molecule has 4 unspecified atom stereocenters. The van der Waals surface area contributed by atoms with E-state index >= 15 is 0 Å². The monoisotopic (exact) mass is 842 g/mol. The van der Waals surface area contributed by atoms with Crippen molar-refractivity contribution in [3.63, 3.8) is 0 Å². The molecular formula is C56H46N2O6. The third-order valence-corrected chi connectivity index (χ3v) is 13.1. The molecule has 0 saturated carbocycles. The van der Waals surface area contributed by atoms with Crippen molar-refractivity contribution < 1.29 is 28.5 Å². The summed E-state index contributed by atoms with van der Waals surface area (Å²) in [4.78, 5) is 28.9. The Labute approximate surface area is 370 Å². The number of hydrogen-bond acceptors (Lipinski definition) is 6. The van der Waals surface area contributed by atoms with Crippen LogP contribution in [0.4, 0.5) is 0 Å². The van der Waals surface area contributed by atoms with Gasteiger partial charge >= 0.3 is 0 Å². The summed E-state index contributed by atoms with van der Waals surface area (Å²) in [7, 11) is 0. The highest BCUT2D eigenvalue weighted by molar-refractivity contribution is 6.13.